The van der Waals surface area contributed by atoms with Gasteiger partial charge in [-0.05, 0) is 19.1 Å². The Morgan fingerprint density at radius 1 is 1.00 bits per heavy atom. The Bertz CT molecular complexity index is 597. The van der Waals surface area contributed by atoms with Gasteiger partial charge in [-0.1, -0.05) is 0 Å². The molecule has 1 aromatic carbocycles. The van der Waals surface area contributed by atoms with Gasteiger partial charge in [-0.3, -0.25) is 19.7 Å². The summed E-state index contributed by atoms with van der Waals surface area (Å²) >= 11 is 0. The summed E-state index contributed by atoms with van der Waals surface area (Å²) < 4.78 is 18.4. The molecule has 10 nitrogen and oxygen atoms in total. The third kappa shape index (κ3) is 7.20. The number of nitro benzene ring substituents is 1. The molecule has 24 heavy (non-hydrogen) atoms. The lowest BCUT2D eigenvalue weighted by molar-refractivity contribution is -0.384. The molecular weight excluding hydrogens is 326 g/mol. The summed E-state index contributed by atoms with van der Waals surface area (Å²) in [6.07, 6.45) is -1.50. The van der Waals surface area contributed by atoms with E-state index in [1.54, 1.807) is 6.92 Å². The molecule has 10 heteroatoms. The van der Waals surface area contributed by atoms with E-state index >= 15 is 0 Å². The van der Waals surface area contributed by atoms with Gasteiger partial charge in [-0.2, -0.15) is 0 Å². The number of esters is 2. The highest BCUT2D eigenvalue weighted by Gasteiger charge is 2.12. The zero-order valence-corrected chi connectivity index (χ0v) is 12.8. The zero-order chi connectivity index (χ0) is 17.9. The average molecular weight is 341 g/mol. The van der Waals surface area contributed by atoms with Crippen LogP contribution in [0, 0.1) is 10.1 Å². The van der Waals surface area contributed by atoms with Crippen LogP contribution in [0.3, 0.4) is 0 Å². The third-order valence-electron chi connectivity index (χ3n) is 2.48. The molecule has 0 N–H and O–H groups in total. The predicted molar refractivity (Wildman–Crippen MR) is 77.0 cm³/mol. The third-order valence-corrected chi connectivity index (χ3v) is 2.48. The van der Waals surface area contributed by atoms with Crippen molar-refractivity contribution in [3.8, 4) is 5.75 Å². The molecule has 0 bridgehead atoms. The second-order valence-electron chi connectivity index (χ2n) is 4.19. The molecule has 0 aliphatic carbocycles. The number of carbonyl (C=O) groups is 3. The van der Waals surface area contributed by atoms with Gasteiger partial charge in [0.15, 0.2) is 0 Å². The van der Waals surface area contributed by atoms with Crippen LogP contribution in [0.25, 0.3) is 0 Å². The first-order chi connectivity index (χ1) is 11.4. The van der Waals surface area contributed by atoms with Gasteiger partial charge in [0.1, 0.15) is 5.75 Å². The van der Waals surface area contributed by atoms with Crippen LogP contribution in [0.15, 0.2) is 24.3 Å². The van der Waals surface area contributed by atoms with Crippen LogP contribution in [-0.2, 0) is 23.8 Å². The largest absolute Gasteiger partial charge is 0.516 e. The van der Waals surface area contributed by atoms with Gasteiger partial charge in [0.05, 0.1) is 24.4 Å². The van der Waals surface area contributed by atoms with Crippen LogP contribution in [0.4, 0.5) is 10.5 Å². The number of nitro groups is 1. The number of hydrogen-bond donors (Lipinski definition) is 0. The normalized spacial score (nSPS) is 9.71. The number of nitrogens with zero attached hydrogens (tertiary/aromatic N) is 1. The molecule has 0 fully saturated rings. The van der Waals surface area contributed by atoms with Crippen molar-refractivity contribution in [2.75, 3.05) is 13.4 Å². The van der Waals surface area contributed by atoms with Crippen molar-refractivity contribution in [3.05, 3.63) is 34.4 Å². The van der Waals surface area contributed by atoms with Crippen molar-refractivity contribution in [1.29, 1.82) is 0 Å². The lowest BCUT2D eigenvalue weighted by atomic mass is 10.3. The topological polar surface area (TPSA) is 131 Å². The van der Waals surface area contributed by atoms with Crippen molar-refractivity contribution in [3.63, 3.8) is 0 Å². The number of non-ortho nitro benzene ring substituents is 1. The Hall–Kier alpha value is -3.17. The molecule has 0 aromatic heterocycles. The van der Waals surface area contributed by atoms with Crippen LogP contribution < -0.4 is 4.74 Å². The summed E-state index contributed by atoms with van der Waals surface area (Å²) in [6, 6.07) is 4.73. The molecule has 1 rings (SSSR count). The Morgan fingerprint density at radius 2 is 1.58 bits per heavy atom. The maximum Gasteiger partial charge on any atom is 0.516 e. The van der Waals surface area contributed by atoms with Crippen molar-refractivity contribution in [2.45, 2.75) is 19.8 Å². The van der Waals surface area contributed by atoms with Gasteiger partial charge < -0.3 is 18.9 Å². The number of ether oxygens (including phenoxy) is 4. The standard InChI is InChI=1S/C14H15NO9/c1-2-21-12(16)7-8-13(17)22-9-23-14(18)24-11-5-3-10(4-6-11)15(19)20/h3-6H,2,7-9H2,1H3. The predicted octanol–water partition coefficient (Wildman–Crippen LogP) is 1.95. The number of benzene rings is 1. The first-order valence-electron chi connectivity index (χ1n) is 6.82. The van der Waals surface area contributed by atoms with Crippen LogP contribution in [-0.4, -0.2) is 36.4 Å². The maximum absolute atomic E-state index is 11.3. The summed E-state index contributed by atoms with van der Waals surface area (Å²) in [5, 5.41) is 10.5. The van der Waals surface area contributed by atoms with E-state index in [0.717, 1.165) is 12.1 Å². The fraction of sp³-hybridized carbons (Fsp3) is 0.357. The van der Waals surface area contributed by atoms with Gasteiger partial charge in [0.2, 0.25) is 6.79 Å². The van der Waals surface area contributed by atoms with Crippen molar-refractivity contribution in [1.82, 2.24) is 0 Å². The quantitative estimate of drug-likeness (QED) is 0.229. The average Bonchev–Trinajstić information content (AvgIpc) is 2.53. The molecule has 0 heterocycles. The lowest BCUT2D eigenvalue weighted by Gasteiger charge is -2.06. The second kappa shape index (κ2) is 9.77. The molecule has 0 radical (unpaired) electrons. The van der Waals surface area contributed by atoms with Crippen molar-refractivity contribution in [2.24, 2.45) is 0 Å². The summed E-state index contributed by atoms with van der Waals surface area (Å²) in [5.41, 5.74) is -0.161. The SMILES string of the molecule is CCOC(=O)CCC(=O)OCOC(=O)Oc1ccc([N+](=O)[O-])cc1. The van der Waals surface area contributed by atoms with E-state index in [1.807, 2.05) is 0 Å². The molecule has 0 amide bonds. The smallest absolute Gasteiger partial charge is 0.466 e. The van der Waals surface area contributed by atoms with Crippen LogP contribution in [0.5, 0.6) is 5.75 Å². The van der Waals surface area contributed by atoms with Crippen LogP contribution in [0.1, 0.15) is 19.8 Å². The Labute approximate surface area is 136 Å². The van der Waals surface area contributed by atoms with Gasteiger partial charge in [0, 0.05) is 12.1 Å². The van der Waals surface area contributed by atoms with E-state index in [-0.39, 0.29) is 30.9 Å². The first-order valence-corrected chi connectivity index (χ1v) is 6.82. The van der Waals surface area contributed by atoms with E-state index in [1.165, 1.54) is 12.1 Å². The number of rotatable bonds is 8. The Balaban J connectivity index is 2.25. The number of carbonyl (C=O) groups excluding carboxylic acids is 3. The first kappa shape index (κ1) is 18.9. The van der Waals surface area contributed by atoms with E-state index < -0.39 is 29.8 Å². The van der Waals surface area contributed by atoms with Crippen molar-refractivity contribution < 1.29 is 38.3 Å². The molecule has 0 saturated carbocycles. The molecule has 0 spiro atoms. The Morgan fingerprint density at radius 3 is 2.12 bits per heavy atom. The monoisotopic (exact) mass is 341 g/mol. The summed E-state index contributed by atoms with van der Waals surface area (Å²) in [7, 11) is 0. The lowest BCUT2D eigenvalue weighted by Crippen LogP contribution is -2.16. The van der Waals surface area contributed by atoms with E-state index in [9.17, 15) is 24.5 Å². The number of hydrogen-bond acceptors (Lipinski definition) is 9. The van der Waals surface area contributed by atoms with Gasteiger partial charge in [-0.15, -0.1) is 0 Å². The fourth-order valence-electron chi connectivity index (χ4n) is 1.41. The molecule has 0 aliphatic rings. The van der Waals surface area contributed by atoms with E-state index in [2.05, 4.69) is 14.2 Å². The molecule has 1 aromatic rings. The van der Waals surface area contributed by atoms with Crippen LogP contribution >= 0.6 is 0 Å². The summed E-state index contributed by atoms with van der Waals surface area (Å²) in [6.45, 7) is 1.17. The van der Waals surface area contributed by atoms with E-state index in [0.29, 0.717) is 0 Å². The highest BCUT2D eigenvalue weighted by atomic mass is 16.8. The second-order valence-corrected chi connectivity index (χ2v) is 4.19. The van der Waals surface area contributed by atoms with E-state index in [4.69, 9.17) is 4.74 Å². The highest BCUT2D eigenvalue weighted by Crippen LogP contribution is 2.17. The molecule has 0 unspecified atom stereocenters. The van der Waals surface area contributed by atoms with Gasteiger partial charge in [0.25, 0.3) is 5.69 Å². The van der Waals surface area contributed by atoms with Crippen molar-refractivity contribution >= 4 is 23.8 Å². The highest BCUT2D eigenvalue weighted by molar-refractivity contribution is 5.77. The minimum Gasteiger partial charge on any atom is -0.466 e. The van der Waals surface area contributed by atoms with Crippen LogP contribution in [0.2, 0.25) is 0 Å². The molecule has 130 valence electrons. The summed E-state index contributed by atoms with van der Waals surface area (Å²) in [4.78, 5) is 43.5. The molecule has 0 aliphatic heterocycles. The zero-order valence-electron chi connectivity index (χ0n) is 12.8. The van der Waals surface area contributed by atoms with Gasteiger partial charge >= 0.3 is 18.1 Å². The fourth-order valence-corrected chi connectivity index (χ4v) is 1.41. The molecule has 0 atom stereocenters. The maximum atomic E-state index is 11.3. The molecular formula is C14H15NO9. The minimum absolute atomic E-state index is 0.0271. The summed E-state index contributed by atoms with van der Waals surface area (Å²) in [5.74, 6) is -1.25. The molecule has 0 saturated heterocycles. The van der Waals surface area contributed by atoms with Gasteiger partial charge in [-0.25, -0.2) is 4.79 Å². The minimum atomic E-state index is -1.15. The Kier molecular flexibility index (Phi) is 7.68.